The highest BCUT2D eigenvalue weighted by atomic mass is 32.2. The molecule has 0 radical (unpaired) electrons. The van der Waals surface area contributed by atoms with Gasteiger partial charge in [0.05, 0.1) is 4.90 Å². The number of H-pyrrole nitrogens is 1. The lowest BCUT2D eigenvalue weighted by Crippen LogP contribution is -2.14. The number of rotatable bonds is 4. The lowest BCUT2D eigenvalue weighted by Gasteiger charge is -2.08. The van der Waals surface area contributed by atoms with Gasteiger partial charge in [0.15, 0.2) is 0 Å². The lowest BCUT2D eigenvalue weighted by molar-refractivity contribution is 0.600. The molecular formula is C11H14N4O2S. The Morgan fingerprint density at radius 2 is 1.89 bits per heavy atom. The number of benzene rings is 1. The molecule has 18 heavy (non-hydrogen) atoms. The lowest BCUT2D eigenvalue weighted by atomic mass is 10.0. The molecule has 1 heterocycles. The minimum atomic E-state index is -3.61. The molecule has 0 amide bonds. The number of aromatic amines is 1. The fourth-order valence-electron chi connectivity index (χ4n) is 1.47. The summed E-state index contributed by atoms with van der Waals surface area (Å²) < 4.78 is 26.3. The van der Waals surface area contributed by atoms with Gasteiger partial charge >= 0.3 is 0 Å². The summed E-state index contributed by atoms with van der Waals surface area (Å²) in [5.74, 6) is 0.465. The monoisotopic (exact) mass is 266 g/mol. The van der Waals surface area contributed by atoms with Gasteiger partial charge in [-0.15, -0.1) is 0 Å². The maximum absolute atomic E-state index is 12.0. The van der Waals surface area contributed by atoms with Crippen molar-refractivity contribution in [3.05, 3.63) is 36.2 Å². The highest BCUT2D eigenvalue weighted by molar-refractivity contribution is 7.92. The van der Waals surface area contributed by atoms with Crippen molar-refractivity contribution in [2.45, 2.75) is 24.7 Å². The van der Waals surface area contributed by atoms with E-state index >= 15 is 0 Å². The summed E-state index contributed by atoms with van der Waals surface area (Å²) in [5.41, 5.74) is 1.09. The number of hydrogen-bond donors (Lipinski definition) is 2. The third kappa shape index (κ3) is 2.67. The fourth-order valence-corrected chi connectivity index (χ4v) is 2.44. The third-order valence-electron chi connectivity index (χ3n) is 2.50. The predicted octanol–water partition coefficient (Wildman–Crippen LogP) is 1.73. The van der Waals surface area contributed by atoms with Gasteiger partial charge in [0, 0.05) is 0 Å². The molecule has 7 heteroatoms. The zero-order valence-electron chi connectivity index (χ0n) is 10.1. The molecule has 0 aliphatic carbocycles. The molecule has 0 saturated carbocycles. The van der Waals surface area contributed by atoms with Crippen LogP contribution in [0.4, 0.5) is 5.95 Å². The summed E-state index contributed by atoms with van der Waals surface area (Å²) in [6.07, 6.45) is 1.24. The Bertz CT molecular complexity index is 603. The van der Waals surface area contributed by atoms with Gasteiger partial charge < -0.3 is 0 Å². The Balaban J connectivity index is 2.25. The second-order valence-corrected chi connectivity index (χ2v) is 5.85. The Labute approximate surface area is 106 Å². The van der Waals surface area contributed by atoms with Crippen LogP contribution in [0.25, 0.3) is 0 Å². The zero-order valence-corrected chi connectivity index (χ0v) is 10.9. The Morgan fingerprint density at radius 1 is 1.22 bits per heavy atom. The molecule has 0 saturated heterocycles. The number of nitrogens with zero attached hydrogens (tertiary/aromatic N) is 2. The van der Waals surface area contributed by atoms with Crippen LogP contribution in [0.1, 0.15) is 25.3 Å². The first-order valence-corrected chi connectivity index (χ1v) is 6.95. The van der Waals surface area contributed by atoms with Crippen LogP contribution in [0, 0.1) is 0 Å². The summed E-state index contributed by atoms with van der Waals surface area (Å²) in [4.78, 5) is 3.91. The van der Waals surface area contributed by atoms with Crippen molar-refractivity contribution in [2.75, 3.05) is 4.72 Å². The number of nitrogens with one attached hydrogen (secondary N) is 2. The van der Waals surface area contributed by atoms with E-state index in [2.05, 4.69) is 33.8 Å². The summed E-state index contributed by atoms with van der Waals surface area (Å²) in [6.45, 7) is 4.10. The van der Waals surface area contributed by atoms with E-state index in [1.807, 2.05) is 0 Å². The van der Waals surface area contributed by atoms with E-state index in [9.17, 15) is 8.42 Å². The van der Waals surface area contributed by atoms with Gasteiger partial charge in [-0.1, -0.05) is 26.0 Å². The van der Waals surface area contributed by atoms with E-state index in [1.54, 1.807) is 24.3 Å². The number of hydrogen-bond acceptors (Lipinski definition) is 4. The summed E-state index contributed by atoms with van der Waals surface area (Å²) in [5, 5.41) is 6.02. The van der Waals surface area contributed by atoms with Crippen LogP contribution in [0.2, 0.25) is 0 Å². The van der Waals surface area contributed by atoms with Crippen LogP contribution in [0.5, 0.6) is 0 Å². The molecular weight excluding hydrogens is 252 g/mol. The van der Waals surface area contributed by atoms with Crippen LogP contribution in [-0.4, -0.2) is 23.6 Å². The SMILES string of the molecule is CC(C)c1ccc(S(=O)(=O)Nc2ncn[nH]2)cc1. The van der Waals surface area contributed by atoms with Gasteiger partial charge in [-0.25, -0.2) is 18.2 Å². The second-order valence-electron chi connectivity index (χ2n) is 4.16. The zero-order chi connectivity index (χ0) is 13.2. The molecule has 2 rings (SSSR count). The van der Waals surface area contributed by atoms with Gasteiger partial charge in [-0.05, 0) is 23.6 Å². The molecule has 2 aromatic rings. The van der Waals surface area contributed by atoms with Crippen LogP contribution >= 0.6 is 0 Å². The highest BCUT2D eigenvalue weighted by Gasteiger charge is 2.15. The van der Waals surface area contributed by atoms with E-state index in [4.69, 9.17) is 0 Å². The Kier molecular flexibility index (Phi) is 3.33. The first kappa shape index (κ1) is 12.6. The van der Waals surface area contributed by atoms with Crippen LogP contribution in [0.3, 0.4) is 0 Å². The van der Waals surface area contributed by atoms with Crippen molar-refractivity contribution in [3.63, 3.8) is 0 Å². The maximum atomic E-state index is 12.0. The number of aromatic nitrogens is 3. The average Bonchev–Trinajstić information content (AvgIpc) is 2.81. The predicted molar refractivity (Wildman–Crippen MR) is 67.7 cm³/mol. The molecule has 0 fully saturated rings. The smallest absolute Gasteiger partial charge is 0.248 e. The van der Waals surface area contributed by atoms with E-state index in [1.165, 1.54) is 6.33 Å². The molecule has 96 valence electrons. The maximum Gasteiger partial charge on any atom is 0.264 e. The van der Waals surface area contributed by atoms with Crippen molar-refractivity contribution < 1.29 is 8.42 Å². The third-order valence-corrected chi connectivity index (χ3v) is 3.86. The Hall–Kier alpha value is -1.89. The largest absolute Gasteiger partial charge is 0.264 e. The van der Waals surface area contributed by atoms with Crippen molar-refractivity contribution in [2.24, 2.45) is 0 Å². The molecule has 0 unspecified atom stereocenters. The molecule has 1 aromatic carbocycles. The van der Waals surface area contributed by atoms with Crippen molar-refractivity contribution in [3.8, 4) is 0 Å². The van der Waals surface area contributed by atoms with Crippen molar-refractivity contribution >= 4 is 16.0 Å². The van der Waals surface area contributed by atoms with Crippen molar-refractivity contribution in [1.29, 1.82) is 0 Å². The first-order valence-electron chi connectivity index (χ1n) is 5.47. The molecule has 6 nitrogen and oxygen atoms in total. The molecule has 0 bridgehead atoms. The first-order chi connectivity index (χ1) is 8.49. The summed E-state index contributed by atoms with van der Waals surface area (Å²) in [7, 11) is -3.61. The number of anilines is 1. The van der Waals surface area contributed by atoms with Gasteiger partial charge in [0.1, 0.15) is 6.33 Å². The summed E-state index contributed by atoms with van der Waals surface area (Å²) in [6, 6.07) is 6.77. The quantitative estimate of drug-likeness (QED) is 0.882. The molecule has 0 atom stereocenters. The van der Waals surface area contributed by atoms with Gasteiger partial charge in [0.2, 0.25) is 5.95 Å². The second kappa shape index (κ2) is 4.77. The molecule has 2 N–H and O–H groups in total. The fraction of sp³-hybridized carbons (Fsp3) is 0.273. The highest BCUT2D eigenvalue weighted by Crippen LogP contribution is 2.18. The molecule has 1 aromatic heterocycles. The minimum Gasteiger partial charge on any atom is -0.248 e. The molecule has 0 aliphatic rings. The standard InChI is InChI=1S/C11H14N4O2S/c1-8(2)9-3-5-10(6-4-9)18(16,17)15-11-12-7-13-14-11/h3-8H,1-2H3,(H2,12,13,14,15). The average molecular weight is 266 g/mol. The normalized spacial score (nSPS) is 11.7. The van der Waals surface area contributed by atoms with Crippen LogP contribution in [0.15, 0.2) is 35.5 Å². The Morgan fingerprint density at radius 3 is 2.39 bits per heavy atom. The molecule has 0 aliphatic heterocycles. The van der Waals surface area contributed by atoms with Crippen LogP contribution in [-0.2, 0) is 10.0 Å². The van der Waals surface area contributed by atoms with E-state index in [0.717, 1.165) is 5.56 Å². The summed E-state index contributed by atoms with van der Waals surface area (Å²) >= 11 is 0. The van der Waals surface area contributed by atoms with Crippen molar-refractivity contribution in [1.82, 2.24) is 15.2 Å². The number of sulfonamides is 1. The van der Waals surface area contributed by atoms with Gasteiger partial charge in [0.25, 0.3) is 10.0 Å². The topological polar surface area (TPSA) is 87.7 Å². The van der Waals surface area contributed by atoms with E-state index < -0.39 is 10.0 Å². The minimum absolute atomic E-state index is 0.0999. The van der Waals surface area contributed by atoms with E-state index in [-0.39, 0.29) is 10.8 Å². The van der Waals surface area contributed by atoms with Crippen LogP contribution < -0.4 is 4.72 Å². The van der Waals surface area contributed by atoms with Gasteiger partial charge in [-0.3, -0.25) is 0 Å². The van der Waals surface area contributed by atoms with Gasteiger partial charge in [-0.2, -0.15) is 10.1 Å². The molecule has 0 spiro atoms. The van der Waals surface area contributed by atoms with E-state index in [0.29, 0.717) is 5.92 Å².